The summed E-state index contributed by atoms with van der Waals surface area (Å²) < 4.78 is 28.6. The Morgan fingerprint density at radius 3 is 2.48 bits per heavy atom. The summed E-state index contributed by atoms with van der Waals surface area (Å²) in [5.74, 6) is 0. The molecular weight excluding hydrogens is 286 g/mol. The van der Waals surface area contributed by atoms with Gasteiger partial charge in [0.25, 0.3) is 0 Å². The molecule has 0 aliphatic rings. The van der Waals surface area contributed by atoms with Gasteiger partial charge in [-0.3, -0.25) is 4.68 Å². The Hall–Kier alpha value is -1.66. The van der Waals surface area contributed by atoms with E-state index in [0.717, 1.165) is 19.3 Å². The van der Waals surface area contributed by atoms with Gasteiger partial charge < -0.3 is 0 Å². The zero-order chi connectivity index (χ0) is 15.3. The molecule has 0 aliphatic carbocycles. The summed E-state index contributed by atoms with van der Waals surface area (Å²) in [5, 5.41) is 4.14. The van der Waals surface area contributed by atoms with Crippen LogP contribution in [0.25, 0.3) is 0 Å². The predicted molar refractivity (Wildman–Crippen MR) is 82.3 cm³/mol. The van der Waals surface area contributed by atoms with E-state index in [-0.39, 0.29) is 6.54 Å². The van der Waals surface area contributed by atoms with Crippen LogP contribution in [0.4, 0.5) is 0 Å². The smallest absolute Gasteiger partial charge is 0.240 e. The third-order valence-corrected chi connectivity index (χ3v) is 4.68. The van der Waals surface area contributed by atoms with Crippen molar-refractivity contribution in [3.8, 4) is 0 Å². The lowest BCUT2D eigenvalue weighted by molar-refractivity contribution is 0.579. The first-order valence-corrected chi connectivity index (χ1v) is 8.56. The van der Waals surface area contributed by atoms with Gasteiger partial charge in [0, 0.05) is 13.2 Å². The molecule has 1 aromatic carbocycles. The average molecular weight is 307 g/mol. The lowest BCUT2D eigenvalue weighted by Crippen LogP contribution is -2.23. The monoisotopic (exact) mass is 307 g/mol. The molecule has 0 saturated heterocycles. The number of hydrogen-bond acceptors (Lipinski definition) is 3. The highest BCUT2D eigenvalue weighted by atomic mass is 32.2. The Labute approximate surface area is 126 Å². The number of benzene rings is 1. The van der Waals surface area contributed by atoms with Gasteiger partial charge in [0.2, 0.25) is 10.0 Å². The molecule has 21 heavy (non-hydrogen) atoms. The Morgan fingerprint density at radius 1 is 1.19 bits per heavy atom. The van der Waals surface area contributed by atoms with Gasteiger partial charge in [-0.05, 0) is 36.6 Å². The Morgan fingerprint density at radius 2 is 1.90 bits per heavy atom. The van der Waals surface area contributed by atoms with Crippen molar-refractivity contribution in [3.05, 3.63) is 47.8 Å². The number of nitrogens with one attached hydrogen (secondary N) is 1. The molecule has 0 unspecified atom stereocenters. The van der Waals surface area contributed by atoms with Gasteiger partial charge in [-0.2, -0.15) is 5.10 Å². The van der Waals surface area contributed by atoms with Gasteiger partial charge >= 0.3 is 0 Å². The normalized spacial score (nSPS) is 11.7. The van der Waals surface area contributed by atoms with Crippen molar-refractivity contribution in [1.29, 1.82) is 0 Å². The second-order valence-electron chi connectivity index (χ2n) is 5.05. The van der Waals surface area contributed by atoms with Crippen molar-refractivity contribution >= 4 is 10.0 Å². The molecule has 0 bridgehead atoms. The summed E-state index contributed by atoms with van der Waals surface area (Å²) in [5.41, 5.74) is 1.86. The van der Waals surface area contributed by atoms with Crippen LogP contribution in [0, 0.1) is 0 Å². The number of hydrogen-bond donors (Lipinski definition) is 1. The van der Waals surface area contributed by atoms with E-state index in [9.17, 15) is 8.42 Å². The minimum absolute atomic E-state index is 0.195. The summed E-state index contributed by atoms with van der Waals surface area (Å²) in [6.07, 6.45) is 5.01. The van der Waals surface area contributed by atoms with Gasteiger partial charge in [0.15, 0.2) is 0 Å². The van der Waals surface area contributed by atoms with Gasteiger partial charge in [0.1, 0.15) is 0 Å². The summed E-state index contributed by atoms with van der Waals surface area (Å²) >= 11 is 0. The van der Waals surface area contributed by atoms with Gasteiger partial charge in [-0.1, -0.05) is 25.5 Å². The van der Waals surface area contributed by atoms with Crippen molar-refractivity contribution in [2.24, 2.45) is 7.05 Å². The molecule has 1 heterocycles. The molecule has 0 amide bonds. The molecule has 0 spiro atoms. The zero-order valence-electron chi connectivity index (χ0n) is 12.4. The molecular formula is C15H21N3O2S. The maximum Gasteiger partial charge on any atom is 0.240 e. The summed E-state index contributed by atoms with van der Waals surface area (Å²) in [6, 6.07) is 8.86. The Balaban J connectivity index is 2.01. The van der Waals surface area contributed by atoms with E-state index in [1.165, 1.54) is 5.56 Å². The molecule has 5 nitrogen and oxygen atoms in total. The van der Waals surface area contributed by atoms with Crippen molar-refractivity contribution < 1.29 is 8.42 Å². The minimum atomic E-state index is -3.49. The third-order valence-electron chi connectivity index (χ3n) is 3.26. The quantitative estimate of drug-likeness (QED) is 0.853. The Kier molecular flexibility index (Phi) is 5.14. The van der Waals surface area contributed by atoms with Crippen molar-refractivity contribution in [1.82, 2.24) is 14.5 Å². The number of sulfonamides is 1. The number of rotatable bonds is 7. The molecule has 6 heteroatoms. The molecule has 2 rings (SSSR count). The van der Waals surface area contributed by atoms with Gasteiger partial charge in [0.05, 0.1) is 17.1 Å². The fourth-order valence-electron chi connectivity index (χ4n) is 2.03. The molecule has 0 saturated carbocycles. The second kappa shape index (κ2) is 6.87. The van der Waals surface area contributed by atoms with Crippen LogP contribution < -0.4 is 4.72 Å². The van der Waals surface area contributed by atoms with E-state index in [2.05, 4.69) is 16.7 Å². The van der Waals surface area contributed by atoms with Crippen LogP contribution in [0.15, 0.2) is 41.4 Å². The van der Waals surface area contributed by atoms with Crippen molar-refractivity contribution in [3.63, 3.8) is 0 Å². The lowest BCUT2D eigenvalue weighted by Gasteiger charge is -2.06. The molecule has 0 radical (unpaired) electrons. The maximum absolute atomic E-state index is 12.2. The maximum atomic E-state index is 12.2. The summed E-state index contributed by atoms with van der Waals surface area (Å²) in [4.78, 5) is 0.290. The highest BCUT2D eigenvalue weighted by molar-refractivity contribution is 7.89. The fraction of sp³-hybridized carbons (Fsp3) is 0.400. The predicted octanol–water partition coefficient (Wildman–Crippen LogP) is 2.24. The number of aryl methyl sites for hydroxylation is 2. The average Bonchev–Trinajstić information content (AvgIpc) is 2.89. The Bertz CT molecular complexity index is 675. The number of nitrogens with zero attached hydrogens (tertiary/aromatic N) is 2. The number of unbranched alkanes of at least 4 members (excludes halogenated alkanes) is 1. The first-order valence-electron chi connectivity index (χ1n) is 7.08. The first kappa shape index (κ1) is 15.7. The van der Waals surface area contributed by atoms with E-state index < -0.39 is 10.0 Å². The summed E-state index contributed by atoms with van der Waals surface area (Å²) in [7, 11) is -1.69. The van der Waals surface area contributed by atoms with Crippen LogP contribution >= 0.6 is 0 Å². The highest BCUT2D eigenvalue weighted by Gasteiger charge is 2.14. The molecule has 114 valence electrons. The van der Waals surface area contributed by atoms with Crippen LogP contribution in [0.1, 0.15) is 31.0 Å². The van der Waals surface area contributed by atoms with Crippen molar-refractivity contribution in [2.45, 2.75) is 37.6 Å². The third kappa shape index (κ3) is 4.41. The molecule has 1 N–H and O–H groups in total. The van der Waals surface area contributed by atoms with Crippen molar-refractivity contribution in [2.75, 3.05) is 0 Å². The van der Waals surface area contributed by atoms with Gasteiger partial charge in [-0.15, -0.1) is 0 Å². The lowest BCUT2D eigenvalue weighted by atomic mass is 10.1. The first-order chi connectivity index (χ1) is 10.0. The van der Waals surface area contributed by atoms with E-state index in [0.29, 0.717) is 10.6 Å². The van der Waals surface area contributed by atoms with E-state index >= 15 is 0 Å². The summed E-state index contributed by atoms with van der Waals surface area (Å²) in [6.45, 7) is 2.33. The zero-order valence-corrected chi connectivity index (χ0v) is 13.2. The minimum Gasteiger partial charge on any atom is -0.276 e. The van der Waals surface area contributed by atoms with E-state index in [4.69, 9.17) is 0 Å². The molecule has 1 aromatic heterocycles. The van der Waals surface area contributed by atoms with Gasteiger partial charge in [-0.25, -0.2) is 13.1 Å². The van der Waals surface area contributed by atoms with Crippen LogP contribution in [0.5, 0.6) is 0 Å². The van der Waals surface area contributed by atoms with Crippen LogP contribution in [-0.2, 0) is 30.0 Å². The number of aromatic nitrogens is 2. The standard InChI is InChI=1S/C15H21N3O2S/c1-3-4-5-13-6-8-15(9-7-13)21(19,20)16-12-14-10-11-18(2)17-14/h6-11,16H,3-5,12H2,1-2H3. The fourth-order valence-corrected chi connectivity index (χ4v) is 3.02. The van der Waals surface area contributed by atoms with E-state index in [1.54, 1.807) is 36.1 Å². The highest BCUT2D eigenvalue weighted by Crippen LogP contribution is 2.12. The molecule has 0 atom stereocenters. The van der Waals surface area contributed by atoms with Crippen LogP contribution in [0.3, 0.4) is 0 Å². The van der Waals surface area contributed by atoms with Crippen LogP contribution in [-0.4, -0.2) is 18.2 Å². The molecule has 0 aliphatic heterocycles. The topological polar surface area (TPSA) is 64.0 Å². The van der Waals surface area contributed by atoms with E-state index in [1.807, 2.05) is 12.1 Å². The SMILES string of the molecule is CCCCc1ccc(S(=O)(=O)NCc2ccn(C)n2)cc1. The molecule has 2 aromatic rings. The largest absolute Gasteiger partial charge is 0.276 e. The second-order valence-corrected chi connectivity index (χ2v) is 6.82. The van der Waals surface area contributed by atoms with Crippen LogP contribution in [0.2, 0.25) is 0 Å². The molecule has 0 fully saturated rings.